The average Bonchev–Trinajstić information content (AvgIpc) is 2.93. The van der Waals surface area contributed by atoms with Gasteiger partial charge in [0.2, 0.25) is 0 Å². The number of nitrogens with zero attached hydrogens (tertiary/aromatic N) is 2. The number of hydrogen-bond acceptors (Lipinski definition) is 3. The lowest BCUT2D eigenvalue weighted by Gasteiger charge is -2.33. The van der Waals surface area contributed by atoms with Gasteiger partial charge in [0, 0.05) is 45.9 Å². The van der Waals surface area contributed by atoms with Gasteiger partial charge in [0.05, 0.1) is 6.10 Å². The van der Waals surface area contributed by atoms with Crippen molar-refractivity contribution in [3.63, 3.8) is 0 Å². The van der Waals surface area contributed by atoms with Crippen LogP contribution in [0, 0.1) is 0 Å². The third-order valence-electron chi connectivity index (χ3n) is 5.66. The third kappa shape index (κ3) is 9.61. The zero-order chi connectivity index (χ0) is 19.3. The highest BCUT2D eigenvalue weighted by Gasteiger charge is 2.19. The topological polar surface area (TPSA) is 48.9 Å². The molecule has 1 heterocycles. The SMILES string of the molecule is C=C(C)CN1CCC(NC(=NC)NCCCCOC2CCCCCC2)CC1. The van der Waals surface area contributed by atoms with Crippen molar-refractivity contribution >= 4 is 5.96 Å². The minimum Gasteiger partial charge on any atom is -0.378 e. The predicted molar refractivity (Wildman–Crippen MR) is 115 cm³/mol. The summed E-state index contributed by atoms with van der Waals surface area (Å²) in [6, 6.07) is 0.524. The minimum atomic E-state index is 0.519. The summed E-state index contributed by atoms with van der Waals surface area (Å²) in [4.78, 5) is 6.88. The minimum absolute atomic E-state index is 0.519. The van der Waals surface area contributed by atoms with E-state index in [0.717, 1.165) is 51.6 Å². The van der Waals surface area contributed by atoms with Gasteiger partial charge in [0.25, 0.3) is 0 Å². The molecule has 2 N–H and O–H groups in total. The number of hydrogen-bond donors (Lipinski definition) is 2. The average molecular weight is 379 g/mol. The van der Waals surface area contributed by atoms with Crippen molar-refractivity contribution in [1.82, 2.24) is 15.5 Å². The fourth-order valence-corrected chi connectivity index (χ4v) is 4.10. The molecule has 2 fully saturated rings. The second-order valence-corrected chi connectivity index (χ2v) is 8.34. The summed E-state index contributed by atoms with van der Waals surface area (Å²) in [5.74, 6) is 0.943. The van der Waals surface area contributed by atoms with E-state index in [4.69, 9.17) is 4.74 Å². The molecule has 0 aromatic carbocycles. The summed E-state index contributed by atoms with van der Waals surface area (Å²) in [7, 11) is 1.86. The highest BCUT2D eigenvalue weighted by Crippen LogP contribution is 2.19. The van der Waals surface area contributed by atoms with Gasteiger partial charge in [-0.3, -0.25) is 9.89 Å². The third-order valence-corrected chi connectivity index (χ3v) is 5.66. The van der Waals surface area contributed by atoms with E-state index in [1.807, 2.05) is 7.05 Å². The Bertz CT molecular complexity index is 436. The van der Waals surface area contributed by atoms with Crippen molar-refractivity contribution in [2.24, 2.45) is 4.99 Å². The summed E-state index contributed by atoms with van der Waals surface area (Å²) in [6.07, 6.45) is 13.1. The highest BCUT2D eigenvalue weighted by molar-refractivity contribution is 5.79. The molecule has 0 aromatic heterocycles. The molecule has 0 unspecified atom stereocenters. The first-order chi connectivity index (χ1) is 13.2. The molecule has 27 heavy (non-hydrogen) atoms. The Morgan fingerprint density at radius 3 is 2.41 bits per heavy atom. The van der Waals surface area contributed by atoms with Crippen molar-refractivity contribution in [3.8, 4) is 0 Å². The molecular weight excluding hydrogens is 336 g/mol. The number of ether oxygens (including phenoxy) is 1. The van der Waals surface area contributed by atoms with Crippen LogP contribution in [0.5, 0.6) is 0 Å². The molecule has 1 aliphatic carbocycles. The van der Waals surface area contributed by atoms with E-state index in [0.29, 0.717) is 12.1 Å². The summed E-state index contributed by atoms with van der Waals surface area (Å²) in [5.41, 5.74) is 1.25. The maximum Gasteiger partial charge on any atom is 0.191 e. The summed E-state index contributed by atoms with van der Waals surface area (Å²) in [5, 5.41) is 7.05. The van der Waals surface area contributed by atoms with Gasteiger partial charge in [-0.2, -0.15) is 0 Å². The summed E-state index contributed by atoms with van der Waals surface area (Å²) < 4.78 is 6.07. The van der Waals surface area contributed by atoms with E-state index >= 15 is 0 Å². The molecule has 5 nitrogen and oxygen atoms in total. The van der Waals surface area contributed by atoms with Crippen LogP contribution in [0.1, 0.15) is 71.1 Å². The van der Waals surface area contributed by atoms with E-state index in [1.165, 1.54) is 56.9 Å². The molecule has 0 amide bonds. The molecule has 0 radical (unpaired) electrons. The Kier molecular flexibility index (Phi) is 10.8. The number of rotatable bonds is 9. The van der Waals surface area contributed by atoms with E-state index in [1.54, 1.807) is 0 Å². The van der Waals surface area contributed by atoms with Crippen LogP contribution in [-0.4, -0.2) is 62.8 Å². The Morgan fingerprint density at radius 1 is 1.07 bits per heavy atom. The monoisotopic (exact) mass is 378 g/mol. The fraction of sp³-hybridized carbons (Fsp3) is 0.864. The zero-order valence-electron chi connectivity index (χ0n) is 17.8. The molecule has 0 aromatic rings. The highest BCUT2D eigenvalue weighted by atomic mass is 16.5. The van der Waals surface area contributed by atoms with Gasteiger partial charge in [-0.15, -0.1) is 0 Å². The molecule has 5 heteroatoms. The Balaban J connectivity index is 1.51. The van der Waals surface area contributed by atoms with Crippen LogP contribution in [0.15, 0.2) is 17.1 Å². The van der Waals surface area contributed by atoms with Crippen LogP contribution in [0.2, 0.25) is 0 Å². The summed E-state index contributed by atoms with van der Waals surface area (Å²) in [6.45, 7) is 11.3. The number of unbranched alkanes of at least 4 members (excludes halogenated alkanes) is 1. The molecule has 0 spiro atoms. The molecule has 156 valence electrons. The lowest BCUT2D eigenvalue weighted by Crippen LogP contribution is -2.49. The van der Waals surface area contributed by atoms with Gasteiger partial charge in [-0.05, 0) is 45.4 Å². The number of nitrogens with one attached hydrogen (secondary N) is 2. The van der Waals surface area contributed by atoms with Gasteiger partial charge >= 0.3 is 0 Å². The van der Waals surface area contributed by atoms with Gasteiger partial charge in [0.15, 0.2) is 5.96 Å². The lowest BCUT2D eigenvalue weighted by molar-refractivity contribution is 0.0411. The molecule has 1 aliphatic heterocycles. The Hall–Kier alpha value is -1.07. The maximum absolute atomic E-state index is 6.07. The van der Waals surface area contributed by atoms with E-state index in [2.05, 4.69) is 34.0 Å². The smallest absolute Gasteiger partial charge is 0.191 e. The van der Waals surface area contributed by atoms with Gasteiger partial charge in [0.1, 0.15) is 0 Å². The molecule has 1 saturated carbocycles. The van der Waals surface area contributed by atoms with Crippen LogP contribution in [0.4, 0.5) is 0 Å². The maximum atomic E-state index is 6.07. The largest absolute Gasteiger partial charge is 0.378 e. The Morgan fingerprint density at radius 2 is 1.78 bits per heavy atom. The zero-order valence-corrected chi connectivity index (χ0v) is 17.8. The number of aliphatic imine (C=N–C) groups is 1. The quantitative estimate of drug-likeness (QED) is 0.211. The van der Waals surface area contributed by atoms with Crippen LogP contribution in [0.3, 0.4) is 0 Å². The Labute approximate surface area is 167 Å². The molecular formula is C22H42N4O. The molecule has 0 atom stereocenters. The normalized spacial score (nSPS) is 21.0. The van der Waals surface area contributed by atoms with Gasteiger partial charge in [-0.1, -0.05) is 37.8 Å². The van der Waals surface area contributed by atoms with Crippen LogP contribution >= 0.6 is 0 Å². The van der Waals surface area contributed by atoms with Crippen molar-refractivity contribution in [1.29, 1.82) is 0 Å². The predicted octanol–water partition coefficient (Wildman–Crippen LogP) is 3.71. The number of piperidine rings is 1. The first kappa shape index (κ1) is 22.2. The van der Waals surface area contributed by atoms with Crippen molar-refractivity contribution in [2.75, 3.05) is 39.8 Å². The van der Waals surface area contributed by atoms with E-state index in [-0.39, 0.29) is 0 Å². The molecule has 2 aliphatic rings. The molecule has 2 rings (SSSR count). The van der Waals surface area contributed by atoms with Crippen LogP contribution in [0.25, 0.3) is 0 Å². The number of likely N-dealkylation sites (tertiary alicyclic amines) is 1. The standard InChI is InChI=1S/C22H42N4O/c1-19(2)18-26-15-12-20(13-16-26)25-22(23-3)24-14-8-9-17-27-21-10-6-4-5-7-11-21/h20-21H,1,4-18H2,2-3H3,(H2,23,24,25). The summed E-state index contributed by atoms with van der Waals surface area (Å²) >= 11 is 0. The first-order valence-corrected chi connectivity index (χ1v) is 11.1. The van der Waals surface area contributed by atoms with E-state index in [9.17, 15) is 0 Å². The number of guanidine groups is 1. The van der Waals surface area contributed by atoms with Crippen molar-refractivity contribution < 1.29 is 4.74 Å². The second-order valence-electron chi connectivity index (χ2n) is 8.34. The van der Waals surface area contributed by atoms with Crippen molar-refractivity contribution in [2.45, 2.75) is 83.3 Å². The van der Waals surface area contributed by atoms with Gasteiger partial charge in [-0.25, -0.2) is 0 Å². The fourth-order valence-electron chi connectivity index (χ4n) is 4.10. The van der Waals surface area contributed by atoms with E-state index < -0.39 is 0 Å². The van der Waals surface area contributed by atoms with Crippen LogP contribution < -0.4 is 10.6 Å². The second kappa shape index (κ2) is 13.2. The van der Waals surface area contributed by atoms with Crippen LogP contribution in [-0.2, 0) is 4.74 Å². The molecule has 0 bridgehead atoms. The molecule has 1 saturated heterocycles. The lowest BCUT2D eigenvalue weighted by atomic mass is 10.0. The van der Waals surface area contributed by atoms with Crippen molar-refractivity contribution in [3.05, 3.63) is 12.2 Å². The first-order valence-electron chi connectivity index (χ1n) is 11.1. The van der Waals surface area contributed by atoms with Gasteiger partial charge < -0.3 is 15.4 Å².